The fourth-order valence-electron chi connectivity index (χ4n) is 1.24. The van der Waals surface area contributed by atoms with Gasteiger partial charge in [-0.2, -0.15) is 0 Å². The van der Waals surface area contributed by atoms with Crippen LogP contribution in [-0.2, 0) is 6.54 Å². The fraction of sp³-hybridized carbons (Fsp3) is 0.636. The molecule has 16 heavy (non-hydrogen) atoms. The lowest BCUT2D eigenvalue weighted by Crippen LogP contribution is -2.42. The van der Waals surface area contributed by atoms with Crippen molar-refractivity contribution in [1.82, 2.24) is 14.9 Å². The zero-order valence-corrected chi connectivity index (χ0v) is 9.97. The number of hydrogen-bond acceptors (Lipinski definition) is 4. The molecule has 0 saturated carbocycles. The van der Waals surface area contributed by atoms with Crippen LogP contribution in [0.25, 0.3) is 0 Å². The summed E-state index contributed by atoms with van der Waals surface area (Å²) in [5.74, 6) is 0. The van der Waals surface area contributed by atoms with E-state index in [2.05, 4.69) is 10.3 Å². The first kappa shape index (κ1) is 12.9. The van der Waals surface area contributed by atoms with E-state index in [9.17, 15) is 9.90 Å². The maximum absolute atomic E-state index is 11.3. The van der Waals surface area contributed by atoms with E-state index in [1.54, 1.807) is 12.3 Å². The van der Waals surface area contributed by atoms with Gasteiger partial charge in [0.15, 0.2) is 0 Å². The van der Waals surface area contributed by atoms with Crippen molar-refractivity contribution in [2.45, 2.75) is 39.0 Å². The molecule has 5 heteroatoms. The van der Waals surface area contributed by atoms with Crippen molar-refractivity contribution in [3.63, 3.8) is 0 Å². The predicted molar refractivity (Wildman–Crippen MR) is 62.3 cm³/mol. The van der Waals surface area contributed by atoms with Gasteiger partial charge in [-0.1, -0.05) is 0 Å². The van der Waals surface area contributed by atoms with Crippen LogP contribution < -0.4 is 11.0 Å². The van der Waals surface area contributed by atoms with Gasteiger partial charge in [0.05, 0.1) is 12.6 Å². The second kappa shape index (κ2) is 5.23. The van der Waals surface area contributed by atoms with Gasteiger partial charge in [-0.3, -0.25) is 4.57 Å². The lowest BCUT2D eigenvalue weighted by Gasteiger charge is -2.23. The number of nitrogens with one attached hydrogen (secondary N) is 1. The molecular formula is C11H19N3O2. The summed E-state index contributed by atoms with van der Waals surface area (Å²) in [4.78, 5) is 14.9. The van der Waals surface area contributed by atoms with Crippen LogP contribution in [0.15, 0.2) is 23.3 Å². The summed E-state index contributed by atoms with van der Waals surface area (Å²) in [7, 11) is 0. The van der Waals surface area contributed by atoms with Gasteiger partial charge in [-0.25, -0.2) is 9.78 Å². The quantitative estimate of drug-likeness (QED) is 0.756. The molecule has 5 nitrogen and oxygen atoms in total. The van der Waals surface area contributed by atoms with E-state index in [0.717, 1.165) is 0 Å². The minimum atomic E-state index is -0.596. The molecule has 1 unspecified atom stereocenters. The van der Waals surface area contributed by atoms with E-state index in [4.69, 9.17) is 0 Å². The van der Waals surface area contributed by atoms with Crippen LogP contribution in [0.2, 0.25) is 0 Å². The number of hydrogen-bond donors (Lipinski definition) is 2. The molecule has 0 radical (unpaired) electrons. The van der Waals surface area contributed by atoms with E-state index in [1.807, 2.05) is 20.8 Å². The van der Waals surface area contributed by atoms with E-state index in [1.165, 1.54) is 10.8 Å². The summed E-state index contributed by atoms with van der Waals surface area (Å²) >= 11 is 0. The smallest absolute Gasteiger partial charge is 0.347 e. The number of aliphatic hydroxyl groups is 1. The highest BCUT2D eigenvalue weighted by molar-refractivity contribution is 4.82. The first-order valence-corrected chi connectivity index (χ1v) is 5.33. The molecule has 0 aliphatic heterocycles. The normalized spacial score (nSPS) is 13.8. The summed E-state index contributed by atoms with van der Waals surface area (Å²) in [5.41, 5.74) is -0.377. The van der Waals surface area contributed by atoms with Crippen molar-refractivity contribution >= 4 is 0 Å². The molecule has 1 rings (SSSR count). The Morgan fingerprint density at radius 1 is 1.56 bits per heavy atom. The minimum Gasteiger partial charge on any atom is -0.390 e. The van der Waals surface area contributed by atoms with Gasteiger partial charge in [0.25, 0.3) is 0 Å². The van der Waals surface area contributed by atoms with Gasteiger partial charge >= 0.3 is 5.69 Å². The third-order valence-corrected chi connectivity index (χ3v) is 2.06. The lowest BCUT2D eigenvalue weighted by molar-refractivity contribution is 0.140. The van der Waals surface area contributed by atoms with Crippen molar-refractivity contribution in [3.05, 3.63) is 28.9 Å². The van der Waals surface area contributed by atoms with E-state index in [0.29, 0.717) is 6.54 Å². The highest BCUT2D eigenvalue weighted by Gasteiger charge is 2.12. The topological polar surface area (TPSA) is 67.2 Å². The van der Waals surface area contributed by atoms with Crippen LogP contribution in [0.4, 0.5) is 0 Å². The Balaban J connectivity index is 2.49. The molecule has 0 aliphatic rings. The Labute approximate surface area is 95.1 Å². The lowest BCUT2D eigenvalue weighted by atomic mass is 10.1. The third kappa shape index (κ3) is 4.55. The fourth-order valence-corrected chi connectivity index (χ4v) is 1.24. The van der Waals surface area contributed by atoms with E-state index in [-0.39, 0.29) is 17.8 Å². The highest BCUT2D eigenvalue weighted by atomic mass is 16.3. The molecule has 1 atom stereocenters. The van der Waals surface area contributed by atoms with Crippen LogP contribution in [0.1, 0.15) is 20.8 Å². The molecule has 1 heterocycles. The Morgan fingerprint density at radius 2 is 2.25 bits per heavy atom. The average Bonchev–Trinajstić information content (AvgIpc) is 2.18. The van der Waals surface area contributed by atoms with Gasteiger partial charge in [0.2, 0.25) is 0 Å². The van der Waals surface area contributed by atoms with Crippen LogP contribution in [0.3, 0.4) is 0 Å². The second-order valence-electron chi connectivity index (χ2n) is 4.84. The summed E-state index contributed by atoms with van der Waals surface area (Å²) < 4.78 is 1.40. The van der Waals surface area contributed by atoms with Gasteiger partial charge in [-0.05, 0) is 26.8 Å². The first-order chi connectivity index (χ1) is 7.38. The number of nitrogens with zero attached hydrogens (tertiary/aromatic N) is 2. The predicted octanol–water partition coefficient (Wildman–Crippen LogP) is -0.00770. The molecule has 0 spiro atoms. The van der Waals surface area contributed by atoms with Gasteiger partial charge in [0, 0.05) is 24.5 Å². The zero-order chi connectivity index (χ0) is 12.2. The molecular weight excluding hydrogens is 206 g/mol. The van der Waals surface area contributed by atoms with Crippen LogP contribution in [0.5, 0.6) is 0 Å². The molecule has 2 N–H and O–H groups in total. The molecule has 90 valence electrons. The van der Waals surface area contributed by atoms with Crippen molar-refractivity contribution < 1.29 is 5.11 Å². The van der Waals surface area contributed by atoms with Crippen molar-refractivity contribution in [2.24, 2.45) is 0 Å². The molecule has 0 aliphatic carbocycles. The summed E-state index contributed by atoms with van der Waals surface area (Å²) in [6.07, 6.45) is 2.47. The number of aromatic nitrogens is 2. The SMILES string of the molecule is CC(C)(C)NCC(O)Cn1cccnc1=O. The Bertz CT molecular complexity index is 381. The molecule has 1 aromatic rings. The van der Waals surface area contributed by atoms with Crippen LogP contribution in [-0.4, -0.2) is 32.8 Å². The van der Waals surface area contributed by atoms with Crippen molar-refractivity contribution in [3.8, 4) is 0 Å². The maximum Gasteiger partial charge on any atom is 0.347 e. The Hall–Kier alpha value is -1.20. The highest BCUT2D eigenvalue weighted by Crippen LogP contribution is 1.98. The second-order valence-corrected chi connectivity index (χ2v) is 4.84. The molecule has 0 amide bonds. The van der Waals surface area contributed by atoms with E-state index >= 15 is 0 Å². The standard InChI is InChI=1S/C11H19N3O2/c1-11(2,3)13-7-9(15)8-14-6-4-5-12-10(14)16/h4-6,9,13,15H,7-8H2,1-3H3. The maximum atomic E-state index is 11.3. The summed E-state index contributed by atoms with van der Waals surface area (Å²) in [6.45, 7) is 6.78. The number of rotatable bonds is 4. The van der Waals surface area contributed by atoms with Crippen molar-refractivity contribution in [1.29, 1.82) is 0 Å². The zero-order valence-electron chi connectivity index (χ0n) is 9.97. The summed E-state index contributed by atoms with van der Waals surface area (Å²) in [6, 6.07) is 1.67. The third-order valence-electron chi connectivity index (χ3n) is 2.06. The van der Waals surface area contributed by atoms with Crippen LogP contribution in [0, 0.1) is 0 Å². The van der Waals surface area contributed by atoms with Gasteiger partial charge < -0.3 is 10.4 Å². The molecule has 0 aromatic carbocycles. The largest absolute Gasteiger partial charge is 0.390 e. The van der Waals surface area contributed by atoms with E-state index < -0.39 is 6.10 Å². The minimum absolute atomic E-state index is 0.0408. The molecule has 1 aromatic heterocycles. The molecule has 0 fully saturated rings. The molecule has 0 saturated heterocycles. The average molecular weight is 225 g/mol. The first-order valence-electron chi connectivity index (χ1n) is 5.33. The Morgan fingerprint density at radius 3 is 2.81 bits per heavy atom. The summed E-state index contributed by atoms with van der Waals surface area (Å²) in [5, 5.41) is 12.9. The van der Waals surface area contributed by atoms with Gasteiger partial charge in [0.1, 0.15) is 0 Å². The number of β-amino-alcohol motifs (C(OH)–C–C–N with tert-alkyl or cyclic N) is 1. The Kier molecular flexibility index (Phi) is 4.20. The monoisotopic (exact) mass is 225 g/mol. The molecule has 0 bridgehead atoms. The van der Waals surface area contributed by atoms with Crippen LogP contribution >= 0.6 is 0 Å². The van der Waals surface area contributed by atoms with Gasteiger partial charge in [-0.15, -0.1) is 0 Å². The van der Waals surface area contributed by atoms with Crippen molar-refractivity contribution in [2.75, 3.05) is 6.54 Å². The number of aliphatic hydroxyl groups excluding tert-OH is 1.